The van der Waals surface area contributed by atoms with E-state index in [9.17, 15) is 21.8 Å². The van der Waals surface area contributed by atoms with E-state index in [1.165, 1.54) is 6.26 Å². The van der Waals surface area contributed by atoms with Crippen LogP contribution in [-0.2, 0) is 19.9 Å². The van der Waals surface area contributed by atoms with Crippen LogP contribution in [0.15, 0.2) is 17.0 Å². The number of hydrogen-bond donors (Lipinski definition) is 1. The van der Waals surface area contributed by atoms with Crippen molar-refractivity contribution in [1.82, 2.24) is 5.32 Å². The van der Waals surface area contributed by atoms with Gasteiger partial charge < -0.3 is 5.32 Å². The summed E-state index contributed by atoms with van der Waals surface area (Å²) in [7, 11) is -0.365. The van der Waals surface area contributed by atoms with E-state index in [-0.39, 0.29) is 22.9 Å². The molecule has 112 valence electrons. The molecule has 0 bridgehead atoms. The van der Waals surface area contributed by atoms with Crippen LogP contribution in [0.1, 0.15) is 10.4 Å². The maximum absolute atomic E-state index is 13.4. The van der Waals surface area contributed by atoms with Gasteiger partial charge in [-0.2, -0.15) is 0 Å². The monoisotopic (exact) mass is 361 g/mol. The predicted molar refractivity (Wildman–Crippen MR) is 75.7 cm³/mol. The summed E-state index contributed by atoms with van der Waals surface area (Å²) in [4.78, 5) is 11.0. The Labute approximate surface area is 127 Å². The summed E-state index contributed by atoms with van der Waals surface area (Å²) in [5, 5.41) is 2.14. The lowest BCUT2D eigenvalue weighted by atomic mass is 10.2. The van der Waals surface area contributed by atoms with Crippen LogP contribution in [0.4, 0.5) is 4.39 Å². The second-order valence-electron chi connectivity index (χ2n) is 3.73. The molecule has 1 atom stereocenters. The van der Waals surface area contributed by atoms with E-state index >= 15 is 0 Å². The van der Waals surface area contributed by atoms with Gasteiger partial charge in [-0.1, -0.05) is 11.6 Å². The molecule has 1 N–H and O–H groups in total. The molecular formula is C10H10Cl2FNO4S2. The van der Waals surface area contributed by atoms with E-state index in [0.29, 0.717) is 6.07 Å². The number of hydrogen-bond acceptors (Lipinski definition) is 4. The first-order valence-electron chi connectivity index (χ1n) is 5.15. The van der Waals surface area contributed by atoms with Crippen LogP contribution >= 0.6 is 22.3 Å². The molecule has 0 radical (unpaired) electrons. The fourth-order valence-electron chi connectivity index (χ4n) is 1.29. The first-order valence-corrected chi connectivity index (χ1v) is 9.56. The third-order valence-corrected chi connectivity index (χ3v) is 4.63. The minimum absolute atomic E-state index is 0.110. The largest absolute Gasteiger partial charge is 0.351 e. The molecule has 1 amide bonds. The zero-order chi connectivity index (χ0) is 15.5. The van der Waals surface area contributed by atoms with Gasteiger partial charge >= 0.3 is 0 Å². The zero-order valence-electron chi connectivity index (χ0n) is 10.2. The highest BCUT2D eigenvalue weighted by atomic mass is 35.7. The van der Waals surface area contributed by atoms with Crippen LogP contribution in [0, 0.1) is 5.82 Å². The van der Waals surface area contributed by atoms with Crippen molar-refractivity contribution >= 4 is 48.0 Å². The molecule has 20 heavy (non-hydrogen) atoms. The highest BCUT2D eigenvalue weighted by Gasteiger charge is 2.21. The Kier molecular flexibility index (Phi) is 5.93. The lowest BCUT2D eigenvalue weighted by molar-refractivity contribution is 0.0956. The second kappa shape index (κ2) is 6.84. The Morgan fingerprint density at radius 2 is 2.05 bits per heavy atom. The zero-order valence-corrected chi connectivity index (χ0v) is 13.3. The van der Waals surface area contributed by atoms with Crippen molar-refractivity contribution in [3.63, 3.8) is 0 Å². The number of halogens is 3. The SMILES string of the molecule is CS(=O)CCNC(=O)c1cc(S(=O)(=O)Cl)c(F)cc1Cl. The summed E-state index contributed by atoms with van der Waals surface area (Å²) in [6.45, 7) is 0.110. The van der Waals surface area contributed by atoms with Gasteiger partial charge in [-0.3, -0.25) is 9.00 Å². The maximum atomic E-state index is 13.4. The summed E-state index contributed by atoms with van der Waals surface area (Å²) in [6, 6.07) is 1.46. The molecule has 0 aliphatic rings. The second-order valence-corrected chi connectivity index (χ2v) is 8.23. The molecule has 1 unspecified atom stereocenters. The number of benzene rings is 1. The Morgan fingerprint density at radius 1 is 1.45 bits per heavy atom. The summed E-state index contributed by atoms with van der Waals surface area (Å²) < 4.78 is 46.6. The first kappa shape index (κ1) is 17.4. The average molecular weight is 362 g/mol. The van der Waals surface area contributed by atoms with Gasteiger partial charge in [0.25, 0.3) is 15.0 Å². The van der Waals surface area contributed by atoms with Gasteiger partial charge in [-0.25, -0.2) is 12.8 Å². The molecule has 0 saturated heterocycles. The van der Waals surface area contributed by atoms with Crippen molar-refractivity contribution < 1.29 is 21.8 Å². The van der Waals surface area contributed by atoms with Crippen LogP contribution in [0.25, 0.3) is 0 Å². The minimum Gasteiger partial charge on any atom is -0.351 e. The Hall–Kier alpha value is -0.700. The van der Waals surface area contributed by atoms with Crippen LogP contribution in [0.5, 0.6) is 0 Å². The molecule has 0 aliphatic heterocycles. The van der Waals surface area contributed by atoms with Gasteiger partial charge in [-0.05, 0) is 12.1 Å². The van der Waals surface area contributed by atoms with E-state index < -0.39 is 36.5 Å². The first-order chi connectivity index (χ1) is 9.12. The van der Waals surface area contributed by atoms with Crippen molar-refractivity contribution in [3.8, 4) is 0 Å². The van der Waals surface area contributed by atoms with E-state index in [0.717, 1.165) is 6.07 Å². The van der Waals surface area contributed by atoms with Crippen molar-refractivity contribution in [3.05, 3.63) is 28.5 Å². The van der Waals surface area contributed by atoms with Gasteiger partial charge in [0.05, 0.1) is 10.6 Å². The minimum atomic E-state index is -4.33. The third-order valence-electron chi connectivity index (χ3n) is 2.20. The smallest absolute Gasteiger partial charge is 0.264 e. The fourth-order valence-corrected chi connectivity index (χ4v) is 2.82. The summed E-state index contributed by atoms with van der Waals surface area (Å²) in [6.07, 6.45) is 1.47. The van der Waals surface area contributed by atoms with Gasteiger partial charge in [0.15, 0.2) is 0 Å². The highest BCUT2D eigenvalue weighted by Crippen LogP contribution is 2.26. The van der Waals surface area contributed by atoms with Gasteiger partial charge in [0.2, 0.25) is 0 Å². The lowest BCUT2D eigenvalue weighted by Gasteiger charge is -2.08. The molecule has 0 aromatic heterocycles. The van der Waals surface area contributed by atoms with Crippen LogP contribution in [-0.4, -0.2) is 37.1 Å². The topological polar surface area (TPSA) is 80.3 Å². The molecule has 10 heteroatoms. The van der Waals surface area contributed by atoms with E-state index in [1.807, 2.05) is 0 Å². The molecule has 0 aliphatic carbocycles. The fraction of sp³-hybridized carbons (Fsp3) is 0.300. The van der Waals surface area contributed by atoms with Gasteiger partial charge in [-0.15, -0.1) is 0 Å². The number of nitrogens with one attached hydrogen (secondary N) is 1. The van der Waals surface area contributed by atoms with E-state index in [1.54, 1.807) is 0 Å². The molecule has 1 rings (SSSR count). The Balaban J connectivity index is 3.06. The number of rotatable bonds is 5. The number of carbonyl (C=O) groups is 1. The Morgan fingerprint density at radius 3 is 2.55 bits per heavy atom. The van der Waals surface area contributed by atoms with Crippen molar-refractivity contribution in [1.29, 1.82) is 0 Å². The molecule has 1 aromatic carbocycles. The van der Waals surface area contributed by atoms with E-state index in [2.05, 4.69) is 5.32 Å². The van der Waals surface area contributed by atoms with Crippen LogP contribution in [0.2, 0.25) is 5.02 Å². The molecule has 1 aromatic rings. The standard InChI is InChI=1S/C10H10Cl2FNO4S2/c1-19(16)3-2-14-10(15)6-4-9(20(12,17)18)8(13)5-7(6)11/h4-5H,2-3H2,1H3,(H,14,15). The maximum Gasteiger partial charge on any atom is 0.264 e. The lowest BCUT2D eigenvalue weighted by Crippen LogP contribution is -2.28. The summed E-state index contributed by atoms with van der Waals surface area (Å²) >= 11 is 5.69. The van der Waals surface area contributed by atoms with Crippen LogP contribution in [0.3, 0.4) is 0 Å². The average Bonchev–Trinajstić information content (AvgIpc) is 2.26. The molecule has 5 nitrogen and oxygen atoms in total. The quantitative estimate of drug-likeness (QED) is 0.806. The molecule has 0 spiro atoms. The van der Waals surface area contributed by atoms with Gasteiger partial charge in [0, 0.05) is 40.0 Å². The normalized spacial score (nSPS) is 13.0. The molecule has 0 fully saturated rings. The number of amides is 1. The summed E-state index contributed by atoms with van der Waals surface area (Å²) in [5.74, 6) is -1.62. The van der Waals surface area contributed by atoms with Gasteiger partial charge in [0.1, 0.15) is 10.7 Å². The predicted octanol–water partition coefficient (Wildman–Crippen LogP) is 1.51. The number of carbonyl (C=O) groups excluding carboxylic acids is 1. The summed E-state index contributed by atoms with van der Waals surface area (Å²) in [5.41, 5.74) is -0.228. The molecule has 0 saturated carbocycles. The molecular weight excluding hydrogens is 352 g/mol. The molecule has 0 heterocycles. The third kappa shape index (κ3) is 4.69. The van der Waals surface area contributed by atoms with Crippen molar-refractivity contribution in [2.75, 3.05) is 18.6 Å². The van der Waals surface area contributed by atoms with Crippen molar-refractivity contribution in [2.45, 2.75) is 4.90 Å². The highest BCUT2D eigenvalue weighted by molar-refractivity contribution is 8.13. The van der Waals surface area contributed by atoms with E-state index in [4.69, 9.17) is 22.3 Å². The van der Waals surface area contributed by atoms with Crippen LogP contribution < -0.4 is 5.32 Å². The Bertz CT molecular complexity index is 663. The van der Waals surface area contributed by atoms with Crippen molar-refractivity contribution in [2.24, 2.45) is 0 Å².